The van der Waals surface area contributed by atoms with E-state index in [4.69, 9.17) is 21.1 Å². The maximum Gasteiger partial charge on any atom is 0.244 e. The number of ether oxygens (including phenoxy) is 2. The summed E-state index contributed by atoms with van der Waals surface area (Å²) in [5, 5.41) is 3.14. The second-order valence-electron chi connectivity index (χ2n) is 8.70. The van der Waals surface area contributed by atoms with Gasteiger partial charge >= 0.3 is 0 Å². The van der Waals surface area contributed by atoms with Gasteiger partial charge in [0.15, 0.2) is 0 Å². The van der Waals surface area contributed by atoms with Crippen molar-refractivity contribution >= 4 is 39.1 Å². The number of amides is 2. The number of sulfonamides is 1. The fraction of sp³-hybridized carbons (Fsp3) is 0.462. The van der Waals surface area contributed by atoms with Crippen molar-refractivity contribution in [3.63, 3.8) is 0 Å². The quantitative estimate of drug-likeness (QED) is 0.404. The summed E-state index contributed by atoms with van der Waals surface area (Å²) in [6.07, 6.45) is 2.08. The van der Waals surface area contributed by atoms with Crippen LogP contribution in [0.3, 0.4) is 0 Å². The number of hydrogen-bond donors (Lipinski definition) is 1. The van der Waals surface area contributed by atoms with Crippen molar-refractivity contribution < 1.29 is 27.5 Å². The number of halogens is 1. The topological polar surface area (TPSA) is 105 Å². The highest BCUT2D eigenvalue weighted by atomic mass is 35.5. The van der Waals surface area contributed by atoms with E-state index in [0.29, 0.717) is 17.9 Å². The molecule has 0 saturated carbocycles. The largest absolute Gasteiger partial charge is 0.497 e. The van der Waals surface area contributed by atoms with Crippen LogP contribution in [0.4, 0.5) is 5.69 Å². The summed E-state index contributed by atoms with van der Waals surface area (Å²) in [7, 11) is -0.885. The van der Waals surface area contributed by atoms with Crippen LogP contribution >= 0.6 is 11.6 Å². The van der Waals surface area contributed by atoms with Crippen LogP contribution in [0.25, 0.3) is 0 Å². The maximum absolute atomic E-state index is 13.8. The van der Waals surface area contributed by atoms with Crippen LogP contribution in [0.15, 0.2) is 42.5 Å². The van der Waals surface area contributed by atoms with Gasteiger partial charge in [-0.3, -0.25) is 13.9 Å². The van der Waals surface area contributed by atoms with E-state index >= 15 is 0 Å². The predicted octanol–water partition coefficient (Wildman–Crippen LogP) is 3.85. The summed E-state index contributed by atoms with van der Waals surface area (Å²) >= 11 is 6.23. The first kappa shape index (κ1) is 30.2. The van der Waals surface area contributed by atoms with Gasteiger partial charge in [0.25, 0.3) is 0 Å². The lowest BCUT2D eigenvalue weighted by molar-refractivity contribution is -0.140. The molecule has 37 heavy (non-hydrogen) atoms. The SMILES string of the molecule is CC[C@H](C(=O)N[C@@H](C)CC)N(Cc1cccc(OC)c1)C(=O)CN(c1ccc(OC)c(Cl)c1)S(C)(=O)=O. The number of carbonyl (C=O) groups excluding carboxylic acids is 2. The Hall–Kier alpha value is -2.98. The summed E-state index contributed by atoms with van der Waals surface area (Å²) in [6.45, 7) is 5.22. The summed E-state index contributed by atoms with van der Waals surface area (Å²) < 4.78 is 36.9. The van der Waals surface area contributed by atoms with Crippen molar-refractivity contribution in [1.29, 1.82) is 0 Å². The van der Waals surface area contributed by atoms with E-state index in [2.05, 4.69) is 5.32 Å². The monoisotopic (exact) mass is 553 g/mol. The third-order valence-corrected chi connectivity index (χ3v) is 7.41. The minimum atomic E-state index is -3.88. The van der Waals surface area contributed by atoms with Crippen molar-refractivity contribution in [3.05, 3.63) is 53.1 Å². The minimum absolute atomic E-state index is 0.0794. The van der Waals surface area contributed by atoms with Gasteiger partial charge in [0.2, 0.25) is 21.8 Å². The average Bonchev–Trinajstić information content (AvgIpc) is 2.86. The Labute approximate surface area is 224 Å². The summed E-state index contributed by atoms with van der Waals surface area (Å²) in [6, 6.07) is 10.7. The molecule has 9 nitrogen and oxygen atoms in total. The van der Waals surface area contributed by atoms with Gasteiger partial charge in [-0.2, -0.15) is 0 Å². The Morgan fingerprint density at radius 3 is 2.30 bits per heavy atom. The molecule has 1 N–H and O–H groups in total. The number of benzene rings is 2. The molecule has 0 saturated heterocycles. The first-order chi connectivity index (χ1) is 17.4. The Bertz CT molecular complexity index is 1190. The van der Waals surface area contributed by atoms with Crippen molar-refractivity contribution in [1.82, 2.24) is 10.2 Å². The number of rotatable bonds is 13. The highest BCUT2D eigenvalue weighted by Crippen LogP contribution is 2.30. The van der Waals surface area contributed by atoms with Gasteiger partial charge in [-0.25, -0.2) is 8.42 Å². The van der Waals surface area contributed by atoms with Crippen molar-refractivity contribution in [2.24, 2.45) is 0 Å². The van der Waals surface area contributed by atoms with Gasteiger partial charge in [0.1, 0.15) is 24.1 Å². The predicted molar refractivity (Wildman–Crippen MR) is 146 cm³/mol. The van der Waals surface area contributed by atoms with Crippen LogP contribution in [0.5, 0.6) is 11.5 Å². The first-order valence-corrected chi connectivity index (χ1v) is 14.2. The molecule has 2 aromatic rings. The lowest BCUT2D eigenvalue weighted by Gasteiger charge is -2.33. The van der Waals surface area contributed by atoms with E-state index in [1.54, 1.807) is 25.3 Å². The molecule has 0 radical (unpaired) electrons. The van der Waals surface area contributed by atoms with Crippen molar-refractivity contribution in [2.45, 2.75) is 52.2 Å². The normalized spacial score (nSPS) is 12.8. The molecule has 0 aliphatic rings. The number of nitrogens with zero attached hydrogens (tertiary/aromatic N) is 2. The zero-order chi connectivity index (χ0) is 27.8. The summed E-state index contributed by atoms with van der Waals surface area (Å²) in [5.41, 5.74) is 0.945. The van der Waals surface area contributed by atoms with Gasteiger partial charge in [0, 0.05) is 12.6 Å². The van der Waals surface area contributed by atoms with Gasteiger partial charge < -0.3 is 19.7 Å². The second kappa shape index (κ2) is 13.5. The number of hydrogen-bond acceptors (Lipinski definition) is 6. The van der Waals surface area contributed by atoms with Crippen LogP contribution in [-0.2, 0) is 26.2 Å². The highest BCUT2D eigenvalue weighted by molar-refractivity contribution is 7.92. The van der Waals surface area contributed by atoms with Crippen LogP contribution < -0.4 is 19.1 Å². The maximum atomic E-state index is 13.8. The van der Waals surface area contributed by atoms with Crippen LogP contribution in [0.1, 0.15) is 39.2 Å². The Balaban J connectivity index is 2.48. The van der Waals surface area contributed by atoms with E-state index in [0.717, 1.165) is 22.5 Å². The lowest BCUT2D eigenvalue weighted by atomic mass is 10.1. The van der Waals surface area contributed by atoms with Crippen LogP contribution in [0.2, 0.25) is 5.02 Å². The van der Waals surface area contributed by atoms with Gasteiger partial charge in [-0.1, -0.05) is 37.6 Å². The van der Waals surface area contributed by atoms with Crippen molar-refractivity contribution in [3.8, 4) is 11.5 Å². The van der Waals surface area contributed by atoms with Gasteiger partial charge in [-0.15, -0.1) is 0 Å². The molecule has 0 aliphatic heterocycles. The summed E-state index contributed by atoms with van der Waals surface area (Å²) in [5.74, 6) is 0.142. The van der Waals surface area contributed by atoms with Gasteiger partial charge in [-0.05, 0) is 55.7 Å². The molecule has 11 heteroatoms. The molecule has 0 aliphatic carbocycles. The van der Waals surface area contributed by atoms with E-state index in [-0.39, 0.29) is 29.2 Å². The molecular formula is C26H36ClN3O6S. The summed E-state index contributed by atoms with van der Waals surface area (Å²) in [4.78, 5) is 28.3. The molecule has 2 atom stereocenters. The Morgan fingerprint density at radius 2 is 1.76 bits per heavy atom. The molecule has 0 spiro atoms. The lowest BCUT2D eigenvalue weighted by Crippen LogP contribution is -2.53. The molecule has 2 aromatic carbocycles. The van der Waals surface area contributed by atoms with Crippen LogP contribution in [-0.4, -0.2) is 64.2 Å². The van der Waals surface area contributed by atoms with E-state index in [9.17, 15) is 18.0 Å². The third-order valence-electron chi connectivity index (χ3n) is 5.98. The number of methoxy groups -OCH3 is 2. The first-order valence-electron chi connectivity index (χ1n) is 12.0. The minimum Gasteiger partial charge on any atom is -0.497 e. The number of carbonyl (C=O) groups is 2. The molecule has 2 rings (SSSR count). The highest BCUT2D eigenvalue weighted by Gasteiger charge is 2.32. The number of anilines is 1. The zero-order valence-corrected chi connectivity index (χ0v) is 23.7. The fourth-order valence-corrected chi connectivity index (χ4v) is 4.85. The molecule has 0 heterocycles. The molecule has 2 amide bonds. The van der Waals surface area contributed by atoms with Crippen LogP contribution in [0, 0.1) is 0 Å². The average molecular weight is 554 g/mol. The van der Waals surface area contributed by atoms with E-state index in [1.165, 1.54) is 30.2 Å². The van der Waals surface area contributed by atoms with Crippen molar-refractivity contribution in [2.75, 3.05) is 31.3 Å². The molecule has 0 fully saturated rings. The third kappa shape index (κ3) is 8.26. The zero-order valence-electron chi connectivity index (χ0n) is 22.2. The molecule has 0 unspecified atom stereocenters. The fourth-order valence-electron chi connectivity index (χ4n) is 3.75. The van der Waals surface area contributed by atoms with E-state index in [1.807, 2.05) is 26.8 Å². The Kier molecular flexibility index (Phi) is 11.1. The Morgan fingerprint density at radius 1 is 1.05 bits per heavy atom. The smallest absolute Gasteiger partial charge is 0.244 e. The molecule has 204 valence electrons. The molecular weight excluding hydrogens is 518 g/mol. The standard InChI is InChI=1S/C26H36ClN3O6S/c1-7-18(3)28-26(32)23(8-2)29(16-19-10-9-11-21(14-19)35-4)25(31)17-30(37(6,33)34)20-12-13-24(36-5)22(27)15-20/h9-15,18,23H,7-8,16-17H2,1-6H3,(H,28,32)/t18-,23+/m0/s1. The van der Waals surface area contributed by atoms with Gasteiger partial charge in [0.05, 0.1) is 31.2 Å². The van der Waals surface area contributed by atoms with E-state index < -0.39 is 28.5 Å². The molecule has 0 aromatic heterocycles. The number of nitrogens with one attached hydrogen (secondary N) is 1. The second-order valence-corrected chi connectivity index (χ2v) is 11.0. The molecule has 0 bridgehead atoms.